The van der Waals surface area contributed by atoms with Crippen molar-refractivity contribution in [3.63, 3.8) is 0 Å². The van der Waals surface area contributed by atoms with Crippen molar-refractivity contribution in [2.75, 3.05) is 26.2 Å². The average Bonchev–Trinajstić information content (AvgIpc) is 2.41. The quantitative estimate of drug-likeness (QED) is 0.574. The molecule has 0 amide bonds. The van der Waals surface area contributed by atoms with Crippen LogP contribution in [0.1, 0.15) is 0 Å². The summed E-state index contributed by atoms with van der Waals surface area (Å²) in [7, 11) is -6.89. The number of nitrogens with zero attached hydrogens (tertiary/aromatic N) is 2. The molecular formula is C8H16N2O4S4. The molecule has 1 rings (SSSR count). The molecule has 1 aliphatic rings. The fourth-order valence-corrected chi connectivity index (χ4v) is 3.16. The van der Waals surface area contributed by atoms with Crippen molar-refractivity contribution in [3.05, 3.63) is 24.0 Å². The minimum Gasteiger partial charge on any atom is -0.208 e. The zero-order valence-corrected chi connectivity index (χ0v) is 13.1. The van der Waals surface area contributed by atoms with Crippen LogP contribution in [0, 0.1) is 0 Å². The Morgan fingerprint density at radius 1 is 0.778 bits per heavy atom. The van der Waals surface area contributed by atoms with Crippen LogP contribution in [0.15, 0.2) is 24.0 Å². The lowest BCUT2D eigenvalue weighted by Crippen LogP contribution is -2.49. The van der Waals surface area contributed by atoms with Crippen molar-refractivity contribution in [1.82, 2.24) is 8.61 Å². The molecule has 1 saturated heterocycles. The van der Waals surface area contributed by atoms with Gasteiger partial charge in [-0.25, -0.2) is 16.8 Å². The zero-order chi connectivity index (χ0) is 14.4. The van der Waals surface area contributed by atoms with Crippen LogP contribution in [0.4, 0.5) is 0 Å². The predicted octanol–water partition coefficient (Wildman–Crippen LogP) is 0.312. The normalized spacial score (nSPS) is 18.6. The van der Waals surface area contributed by atoms with Crippen molar-refractivity contribution >= 4 is 43.4 Å². The Bertz CT molecular complexity index is 431. The standard InChI is InChI=1S/C8H14N2O4S2.H2S2/c1-3-15(11,12)9-5-7-10(8-6-9)16(13,14)4-2;1-2/h3-4H,1-2,5-8H2;1-2H. The summed E-state index contributed by atoms with van der Waals surface area (Å²) >= 11 is 6.44. The zero-order valence-electron chi connectivity index (χ0n) is 9.64. The lowest BCUT2D eigenvalue weighted by atomic mass is 10.4. The second-order valence-electron chi connectivity index (χ2n) is 3.22. The third-order valence-corrected chi connectivity index (χ3v) is 5.35. The van der Waals surface area contributed by atoms with E-state index in [0.717, 1.165) is 10.8 Å². The number of sulfonamides is 2. The Morgan fingerprint density at radius 2 is 1.00 bits per heavy atom. The molecule has 0 atom stereocenters. The van der Waals surface area contributed by atoms with Gasteiger partial charge in [0, 0.05) is 37.0 Å². The first kappa shape index (κ1) is 18.0. The van der Waals surface area contributed by atoms with E-state index < -0.39 is 20.0 Å². The summed E-state index contributed by atoms with van der Waals surface area (Å²) < 4.78 is 48.0. The van der Waals surface area contributed by atoms with Gasteiger partial charge in [0.05, 0.1) is 0 Å². The number of piperazine rings is 1. The maximum atomic E-state index is 11.4. The highest BCUT2D eigenvalue weighted by Gasteiger charge is 2.29. The second kappa shape index (κ2) is 7.56. The fourth-order valence-electron chi connectivity index (χ4n) is 1.39. The molecule has 106 valence electrons. The van der Waals surface area contributed by atoms with Gasteiger partial charge in [-0.2, -0.15) is 8.61 Å². The molecule has 0 aromatic carbocycles. The molecular weight excluding hydrogens is 316 g/mol. The summed E-state index contributed by atoms with van der Waals surface area (Å²) in [5, 5.41) is 1.73. The monoisotopic (exact) mass is 332 g/mol. The molecule has 10 heteroatoms. The van der Waals surface area contributed by atoms with Gasteiger partial charge in [0.2, 0.25) is 20.0 Å². The van der Waals surface area contributed by atoms with Gasteiger partial charge >= 0.3 is 0 Å². The van der Waals surface area contributed by atoms with Crippen molar-refractivity contribution in [3.8, 4) is 0 Å². The van der Waals surface area contributed by atoms with Crippen molar-refractivity contribution < 1.29 is 16.8 Å². The molecule has 1 fully saturated rings. The maximum Gasteiger partial charge on any atom is 0.235 e. The molecule has 0 unspecified atom stereocenters. The smallest absolute Gasteiger partial charge is 0.208 e. The van der Waals surface area contributed by atoms with Crippen LogP contribution < -0.4 is 0 Å². The Labute approximate surface area is 119 Å². The Kier molecular flexibility index (Phi) is 7.56. The van der Waals surface area contributed by atoms with E-state index in [9.17, 15) is 16.8 Å². The predicted molar refractivity (Wildman–Crippen MR) is 79.4 cm³/mol. The number of rotatable bonds is 4. The molecule has 0 radical (unpaired) electrons. The third kappa shape index (κ3) is 4.59. The third-order valence-electron chi connectivity index (χ3n) is 2.34. The number of hydrogen-bond acceptors (Lipinski definition) is 6. The molecule has 1 heterocycles. The van der Waals surface area contributed by atoms with E-state index in [1.54, 1.807) is 0 Å². The van der Waals surface area contributed by atoms with Gasteiger partial charge in [0.15, 0.2) is 0 Å². The van der Waals surface area contributed by atoms with Gasteiger partial charge in [-0.1, -0.05) is 13.2 Å². The molecule has 0 spiro atoms. The molecule has 18 heavy (non-hydrogen) atoms. The van der Waals surface area contributed by atoms with Crippen LogP contribution >= 0.6 is 23.3 Å². The van der Waals surface area contributed by atoms with Crippen LogP contribution in [0.5, 0.6) is 0 Å². The Hall–Kier alpha value is -0.000000000000000111. The van der Waals surface area contributed by atoms with E-state index in [4.69, 9.17) is 0 Å². The van der Waals surface area contributed by atoms with Gasteiger partial charge in [0.1, 0.15) is 0 Å². The topological polar surface area (TPSA) is 74.8 Å². The van der Waals surface area contributed by atoms with Crippen molar-refractivity contribution in [2.45, 2.75) is 0 Å². The van der Waals surface area contributed by atoms with Crippen LogP contribution in [0.2, 0.25) is 0 Å². The van der Waals surface area contributed by atoms with Crippen LogP contribution in [-0.2, 0) is 20.0 Å². The van der Waals surface area contributed by atoms with E-state index in [1.165, 1.54) is 8.61 Å². The Morgan fingerprint density at radius 3 is 1.17 bits per heavy atom. The van der Waals surface area contributed by atoms with Crippen molar-refractivity contribution in [2.24, 2.45) is 0 Å². The summed E-state index contributed by atoms with van der Waals surface area (Å²) in [4.78, 5) is 0. The molecule has 1 aliphatic heterocycles. The summed E-state index contributed by atoms with van der Waals surface area (Å²) in [5.41, 5.74) is 0. The van der Waals surface area contributed by atoms with Gasteiger partial charge in [-0.05, 0) is 0 Å². The van der Waals surface area contributed by atoms with Gasteiger partial charge in [0.25, 0.3) is 0 Å². The number of hydrogen-bond donors (Lipinski definition) is 2. The minimum absolute atomic E-state index is 0.140. The van der Waals surface area contributed by atoms with Gasteiger partial charge < -0.3 is 0 Å². The summed E-state index contributed by atoms with van der Waals surface area (Å²) in [6.45, 7) is 6.99. The van der Waals surface area contributed by atoms with Gasteiger partial charge in [-0.3, -0.25) is 0 Å². The van der Waals surface area contributed by atoms with Gasteiger partial charge in [-0.15, -0.1) is 23.3 Å². The highest BCUT2D eigenvalue weighted by molar-refractivity contribution is 8.59. The van der Waals surface area contributed by atoms with Crippen LogP contribution in [0.25, 0.3) is 0 Å². The van der Waals surface area contributed by atoms with E-state index in [1.807, 2.05) is 0 Å². The summed E-state index contributed by atoms with van der Waals surface area (Å²) in [6.07, 6.45) is 0. The SMILES string of the molecule is C=CS(=O)(=O)N1CCN(S(=O)(=O)C=C)CC1.SS. The van der Waals surface area contributed by atoms with E-state index >= 15 is 0 Å². The lowest BCUT2D eigenvalue weighted by molar-refractivity contribution is 0.277. The highest BCUT2D eigenvalue weighted by Crippen LogP contribution is 2.12. The van der Waals surface area contributed by atoms with E-state index in [0.29, 0.717) is 0 Å². The fraction of sp³-hybridized carbons (Fsp3) is 0.500. The van der Waals surface area contributed by atoms with Crippen LogP contribution in [-0.4, -0.2) is 51.6 Å². The summed E-state index contributed by atoms with van der Waals surface area (Å²) in [5.74, 6) is 0. The molecule has 6 nitrogen and oxygen atoms in total. The maximum absolute atomic E-state index is 11.4. The minimum atomic E-state index is -3.45. The number of thiol groups is 2. The first-order valence-corrected chi connectivity index (χ1v) is 9.39. The molecule has 0 saturated carbocycles. The molecule has 0 bridgehead atoms. The molecule has 0 N–H and O–H groups in total. The van der Waals surface area contributed by atoms with E-state index in [-0.39, 0.29) is 26.2 Å². The Balaban J connectivity index is 0.00000137. The molecule has 0 aromatic heterocycles. The first-order valence-electron chi connectivity index (χ1n) is 4.78. The largest absolute Gasteiger partial charge is 0.235 e. The second-order valence-corrected chi connectivity index (χ2v) is 6.98. The highest BCUT2D eigenvalue weighted by atomic mass is 33.1. The molecule has 0 aromatic rings. The average molecular weight is 332 g/mol. The summed E-state index contributed by atoms with van der Waals surface area (Å²) in [6, 6.07) is 0. The van der Waals surface area contributed by atoms with Crippen LogP contribution in [0.3, 0.4) is 0 Å². The first-order chi connectivity index (χ1) is 8.33. The molecule has 0 aliphatic carbocycles. The van der Waals surface area contributed by atoms with E-state index in [2.05, 4.69) is 36.5 Å². The van der Waals surface area contributed by atoms with Crippen molar-refractivity contribution in [1.29, 1.82) is 0 Å². The lowest BCUT2D eigenvalue weighted by Gasteiger charge is -2.31.